The maximum atomic E-state index is 12.6. The second-order valence-electron chi connectivity index (χ2n) is 8.38. The maximum absolute atomic E-state index is 12.6. The lowest BCUT2D eigenvalue weighted by molar-refractivity contribution is -0.118. The highest BCUT2D eigenvalue weighted by atomic mass is 16.5. The van der Waals surface area contributed by atoms with E-state index in [4.69, 9.17) is 9.84 Å². The molecule has 3 aromatic carbocycles. The second-order valence-corrected chi connectivity index (χ2v) is 8.38. The summed E-state index contributed by atoms with van der Waals surface area (Å²) in [5.41, 5.74) is 5.14. The van der Waals surface area contributed by atoms with E-state index in [0.717, 1.165) is 22.3 Å². The zero-order valence-electron chi connectivity index (χ0n) is 19.0. The van der Waals surface area contributed by atoms with Crippen LogP contribution >= 0.6 is 0 Å². The number of anilines is 1. The van der Waals surface area contributed by atoms with Crippen LogP contribution in [0.2, 0.25) is 0 Å². The first-order valence-electron chi connectivity index (χ1n) is 11.1. The van der Waals surface area contributed by atoms with Gasteiger partial charge in [-0.3, -0.25) is 4.79 Å². The summed E-state index contributed by atoms with van der Waals surface area (Å²) in [5, 5.41) is 11.9. The molecule has 0 unspecified atom stereocenters. The van der Waals surface area contributed by atoms with Crippen molar-refractivity contribution >= 4 is 23.7 Å². The zero-order chi connectivity index (χ0) is 24.2. The van der Waals surface area contributed by atoms with Crippen molar-refractivity contribution in [3.05, 3.63) is 89.5 Å². The van der Waals surface area contributed by atoms with E-state index in [2.05, 4.69) is 29.6 Å². The van der Waals surface area contributed by atoms with E-state index in [0.29, 0.717) is 5.69 Å². The van der Waals surface area contributed by atoms with Gasteiger partial charge >= 0.3 is 12.1 Å². The molecule has 0 aliphatic heterocycles. The Kier molecular flexibility index (Phi) is 6.63. The van der Waals surface area contributed by atoms with Crippen LogP contribution in [0.1, 0.15) is 40.7 Å². The minimum Gasteiger partial charge on any atom is -0.478 e. The summed E-state index contributed by atoms with van der Waals surface area (Å²) in [5.74, 6) is -1.36. The average molecular weight is 459 g/mol. The van der Waals surface area contributed by atoms with E-state index in [1.807, 2.05) is 24.3 Å². The van der Waals surface area contributed by atoms with Gasteiger partial charge in [0.15, 0.2) is 0 Å². The Morgan fingerprint density at radius 1 is 0.971 bits per heavy atom. The van der Waals surface area contributed by atoms with Crippen molar-refractivity contribution in [2.24, 2.45) is 0 Å². The number of benzene rings is 3. The van der Waals surface area contributed by atoms with Crippen molar-refractivity contribution < 1.29 is 24.2 Å². The fourth-order valence-corrected chi connectivity index (χ4v) is 4.28. The van der Waals surface area contributed by atoms with Crippen molar-refractivity contribution in [3.63, 3.8) is 0 Å². The molecular formula is C27H26N2O5. The van der Waals surface area contributed by atoms with E-state index >= 15 is 0 Å². The summed E-state index contributed by atoms with van der Waals surface area (Å²) in [6.45, 7) is 1.92. The lowest BCUT2D eigenvalue weighted by atomic mass is 9.98. The molecule has 7 nitrogen and oxygen atoms in total. The Morgan fingerprint density at radius 2 is 1.59 bits per heavy atom. The molecule has 1 aliphatic rings. The van der Waals surface area contributed by atoms with Crippen molar-refractivity contribution in [2.75, 3.05) is 18.6 Å². The van der Waals surface area contributed by atoms with Crippen molar-refractivity contribution in [2.45, 2.75) is 25.3 Å². The van der Waals surface area contributed by atoms with Crippen LogP contribution in [0.25, 0.3) is 11.1 Å². The van der Waals surface area contributed by atoms with E-state index in [1.54, 1.807) is 26.1 Å². The molecule has 2 amide bonds. The van der Waals surface area contributed by atoms with Gasteiger partial charge in [-0.15, -0.1) is 0 Å². The van der Waals surface area contributed by atoms with Gasteiger partial charge in [-0.2, -0.15) is 0 Å². The predicted molar refractivity (Wildman–Crippen MR) is 129 cm³/mol. The van der Waals surface area contributed by atoms with Crippen molar-refractivity contribution in [1.82, 2.24) is 5.32 Å². The minimum absolute atomic E-state index is 0.0391. The highest BCUT2D eigenvalue weighted by molar-refractivity contribution is 5.95. The Balaban J connectivity index is 1.33. The maximum Gasteiger partial charge on any atom is 0.407 e. The lowest BCUT2D eigenvalue weighted by Crippen LogP contribution is -2.38. The molecule has 1 atom stereocenters. The van der Waals surface area contributed by atoms with Gasteiger partial charge in [0.2, 0.25) is 5.91 Å². The monoisotopic (exact) mass is 458 g/mol. The van der Waals surface area contributed by atoms with Crippen LogP contribution in [0.4, 0.5) is 10.5 Å². The molecule has 0 bridgehead atoms. The van der Waals surface area contributed by atoms with Crippen molar-refractivity contribution in [1.29, 1.82) is 0 Å². The quantitative estimate of drug-likeness (QED) is 0.537. The predicted octanol–water partition coefficient (Wildman–Crippen LogP) is 4.66. The molecule has 0 heterocycles. The summed E-state index contributed by atoms with van der Waals surface area (Å²) in [6.07, 6.45) is -0.546. The van der Waals surface area contributed by atoms with E-state index in [1.165, 1.54) is 17.0 Å². The van der Waals surface area contributed by atoms with Crippen LogP contribution in [0, 0.1) is 0 Å². The first kappa shape index (κ1) is 23.0. The summed E-state index contributed by atoms with van der Waals surface area (Å²) >= 11 is 0. The van der Waals surface area contributed by atoms with E-state index in [-0.39, 0.29) is 30.4 Å². The Bertz CT molecular complexity index is 1190. The van der Waals surface area contributed by atoms with Gasteiger partial charge in [0.05, 0.1) is 5.56 Å². The van der Waals surface area contributed by atoms with Crippen LogP contribution in [-0.2, 0) is 9.53 Å². The highest BCUT2D eigenvalue weighted by Gasteiger charge is 2.29. The van der Waals surface area contributed by atoms with Crippen LogP contribution in [0.3, 0.4) is 0 Å². The SMILES string of the molecule is C[C@H](CC(=O)N(C)c1cccc(C(=O)O)c1)NC(=O)OCC1c2ccccc2-c2ccccc21. The molecule has 1 aliphatic carbocycles. The number of carboxylic acid groups (broad SMARTS) is 1. The topological polar surface area (TPSA) is 95.9 Å². The number of rotatable bonds is 7. The van der Waals surface area contributed by atoms with E-state index < -0.39 is 18.1 Å². The molecule has 2 N–H and O–H groups in total. The summed E-state index contributed by atoms with van der Waals surface area (Å²) in [7, 11) is 1.57. The molecule has 0 spiro atoms. The standard InChI is InChI=1S/C27H26N2O5/c1-17(14-25(30)29(2)19-9-7-8-18(15-19)26(31)32)28-27(33)34-16-24-22-12-5-3-10-20(22)21-11-4-6-13-23(21)24/h3-13,15,17,24H,14,16H2,1-2H3,(H,28,33)(H,31,32)/t17-/m1/s1. The van der Waals surface area contributed by atoms with Crippen LogP contribution in [0.5, 0.6) is 0 Å². The molecule has 0 aromatic heterocycles. The molecule has 4 rings (SSSR count). The third-order valence-corrected chi connectivity index (χ3v) is 6.04. The van der Waals surface area contributed by atoms with E-state index in [9.17, 15) is 14.4 Å². The first-order chi connectivity index (χ1) is 16.3. The van der Waals surface area contributed by atoms with Gasteiger partial charge in [0.1, 0.15) is 6.61 Å². The molecule has 0 saturated carbocycles. The van der Waals surface area contributed by atoms with Gasteiger partial charge in [0.25, 0.3) is 0 Å². The largest absolute Gasteiger partial charge is 0.478 e. The fourth-order valence-electron chi connectivity index (χ4n) is 4.28. The number of alkyl carbamates (subject to hydrolysis) is 1. The molecule has 0 radical (unpaired) electrons. The highest BCUT2D eigenvalue weighted by Crippen LogP contribution is 2.44. The van der Waals surface area contributed by atoms with Gasteiger partial charge in [0, 0.05) is 31.1 Å². The van der Waals surface area contributed by atoms with Gasteiger partial charge in [-0.05, 0) is 47.4 Å². The zero-order valence-corrected chi connectivity index (χ0v) is 19.0. The van der Waals surface area contributed by atoms with Crippen LogP contribution in [-0.4, -0.2) is 42.8 Å². The van der Waals surface area contributed by atoms with Crippen LogP contribution in [0.15, 0.2) is 72.8 Å². The number of ether oxygens (including phenoxy) is 1. The molecule has 174 valence electrons. The normalized spacial score (nSPS) is 12.9. The Labute approximate surface area is 198 Å². The number of nitrogens with one attached hydrogen (secondary N) is 1. The number of amides is 2. The number of hydrogen-bond donors (Lipinski definition) is 2. The lowest BCUT2D eigenvalue weighted by Gasteiger charge is -2.21. The summed E-state index contributed by atoms with van der Waals surface area (Å²) in [4.78, 5) is 37.6. The minimum atomic E-state index is -1.06. The number of nitrogens with zero attached hydrogens (tertiary/aromatic N) is 1. The number of carboxylic acids is 1. The smallest absolute Gasteiger partial charge is 0.407 e. The van der Waals surface area contributed by atoms with Gasteiger partial charge < -0.3 is 20.1 Å². The fraction of sp³-hybridized carbons (Fsp3) is 0.222. The summed E-state index contributed by atoms with van der Waals surface area (Å²) < 4.78 is 5.54. The number of hydrogen-bond acceptors (Lipinski definition) is 4. The third-order valence-electron chi connectivity index (χ3n) is 6.04. The Morgan fingerprint density at radius 3 is 2.21 bits per heavy atom. The average Bonchev–Trinajstić information content (AvgIpc) is 3.16. The van der Waals surface area contributed by atoms with Gasteiger partial charge in [-0.1, -0.05) is 54.6 Å². The molecule has 0 fully saturated rings. The molecule has 3 aromatic rings. The number of carbonyl (C=O) groups excluding carboxylic acids is 2. The van der Waals surface area contributed by atoms with Crippen molar-refractivity contribution in [3.8, 4) is 11.1 Å². The summed E-state index contributed by atoms with van der Waals surface area (Å²) in [6, 6.07) is 21.9. The Hall–Kier alpha value is -4.13. The molecule has 0 saturated heterocycles. The third kappa shape index (κ3) is 4.78. The molecule has 34 heavy (non-hydrogen) atoms. The van der Waals surface area contributed by atoms with Crippen LogP contribution < -0.4 is 10.2 Å². The molecule has 7 heteroatoms. The number of aromatic carboxylic acids is 1. The first-order valence-corrected chi connectivity index (χ1v) is 11.1. The number of carbonyl (C=O) groups is 3. The number of fused-ring (bicyclic) bond motifs is 3. The second kappa shape index (κ2) is 9.79. The van der Waals surface area contributed by atoms with Gasteiger partial charge in [-0.25, -0.2) is 9.59 Å². The molecular weight excluding hydrogens is 432 g/mol.